The minimum atomic E-state index is 0.160. The Kier molecular flexibility index (Phi) is 4.82. The summed E-state index contributed by atoms with van der Waals surface area (Å²) in [5.41, 5.74) is 3.43. The summed E-state index contributed by atoms with van der Waals surface area (Å²) in [6, 6.07) is 6.14. The Morgan fingerprint density at radius 1 is 1.14 bits per heavy atom. The van der Waals surface area contributed by atoms with Crippen LogP contribution in [0, 0.1) is 25.7 Å². The topological polar surface area (TPSA) is 33.5 Å². The fourth-order valence-corrected chi connectivity index (χ4v) is 4.21. The lowest BCUT2D eigenvalue weighted by atomic mass is 9.75. The number of rotatable bonds is 3. The molecular formula is C19H29N2O+. The largest absolute Gasteiger partial charge is 0.327 e. The van der Waals surface area contributed by atoms with Gasteiger partial charge in [-0.15, -0.1) is 0 Å². The van der Waals surface area contributed by atoms with E-state index in [1.807, 2.05) is 6.07 Å². The first-order chi connectivity index (χ1) is 10.6. The predicted molar refractivity (Wildman–Crippen MR) is 90.2 cm³/mol. The van der Waals surface area contributed by atoms with Crippen molar-refractivity contribution in [1.29, 1.82) is 0 Å². The van der Waals surface area contributed by atoms with Gasteiger partial charge in [0.25, 0.3) is 5.91 Å². The first-order valence-electron chi connectivity index (χ1n) is 8.82. The van der Waals surface area contributed by atoms with Gasteiger partial charge in [0, 0.05) is 11.6 Å². The molecule has 1 unspecified atom stereocenters. The Balaban J connectivity index is 1.52. The van der Waals surface area contributed by atoms with Crippen molar-refractivity contribution >= 4 is 11.6 Å². The van der Waals surface area contributed by atoms with Gasteiger partial charge in [0.05, 0.1) is 13.1 Å². The number of hydrogen-bond acceptors (Lipinski definition) is 1. The Hall–Kier alpha value is -1.35. The molecule has 0 aromatic heterocycles. The second-order valence-electron chi connectivity index (χ2n) is 7.32. The Bertz CT molecular complexity index is 540. The summed E-state index contributed by atoms with van der Waals surface area (Å²) in [6.07, 6.45) is 6.93. The summed E-state index contributed by atoms with van der Waals surface area (Å²) in [4.78, 5) is 13.8. The Labute approximate surface area is 134 Å². The van der Waals surface area contributed by atoms with Crippen LogP contribution in [-0.2, 0) is 4.79 Å². The molecule has 1 aromatic carbocycles. The fraction of sp³-hybridized carbons (Fsp3) is 0.632. The van der Waals surface area contributed by atoms with E-state index in [4.69, 9.17) is 0 Å². The van der Waals surface area contributed by atoms with Crippen LogP contribution in [0.5, 0.6) is 0 Å². The molecule has 1 saturated heterocycles. The quantitative estimate of drug-likeness (QED) is 0.883. The average Bonchev–Trinajstić information content (AvgIpc) is 2.51. The van der Waals surface area contributed by atoms with Crippen LogP contribution in [0.1, 0.15) is 43.2 Å². The van der Waals surface area contributed by atoms with Gasteiger partial charge >= 0.3 is 0 Å². The summed E-state index contributed by atoms with van der Waals surface area (Å²) in [6.45, 7) is 7.17. The van der Waals surface area contributed by atoms with E-state index in [0.29, 0.717) is 6.54 Å². The van der Waals surface area contributed by atoms with Gasteiger partial charge in [-0.2, -0.15) is 0 Å². The van der Waals surface area contributed by atoms with Crippen LogP contribution in [0.25, 0.3) is 0 Å². The molecule has 1 heterocycles. The van der Waals surface area contributed by atoms with Crippen molar-refractivity contribution < 1.29 is 9.69 Å². The first-order valence-corrected chi connectivity index (χ1v) is 8.82. The highest BCUT2D eigenvalue weighted by Crippen LogP contribution is 2.32. The third-order valence-electron chi connectivity index (χ3n) is 5.69. The predicted octanol–water partition coefficient (Wildman–Crippen LogP) is 2.34. The number of amides is 1. The first kappa shape index (κ1) is 15.5. The van der Waals surface area contributed by atoms with E-state index in [2.05, 4.69) is 31.3 Å². The van der Waals surface area contributed by atoms with Crippen molar-refractivity contribution in [3.63, 3.8) is 0 Å². The molecule has 3 heteroatoms. The minimum absolute atomic E-state index is 0.160. The maximum absolute atomic E-state index is 12.3. The van der Waals surface area contributed by atoms with Gasteiger partial charge in [0.2, 0.25) is 0 Å². The SMILES string of the molecule is Cc1ccc(NC(=O)C[NH+]2CC[C@H]3CCCC[C@@H]3C2)cc1C. The second kappa shape index (κ2) is 6.82. The number of aryl methyl sites for hydroxylation is 2. The highest BCUT2D eigenvalue weighted by Gasteiger charge is 2.34. The van der Waals surface area contributed by atoms with E-state index in [1.54, 1.807) is 0 Å². The molecule has 22 heavy (non-hydrogen) atoms. The molecule has 1 aliphatic carbocycles. The summed E-state index contributed by atoms with van der Waals surface area (Å²) in [5, 5.41) is 3.07. The number of piperidine rings is 1. The molecule has 0 radical (unpaired) electrons. The zero-order valence-corrected chi connectivity index (χ0v) is 14.0. The molecule has 0 spiro atoms. The van der Waals surface area contributed by atoms with Gasteiger partial charge in [0.15, 0.2) is 6.54 Å². The highest BCUT2D eigenvalue weighted by atomic mass is 16.2. The van der Waals surface area contributed by atoms with E-state index in [0.717, 1.165) is 17.5 Å². The molecule has 2 N–H and O–H groups in total. The van der Waals surface area contributed by atoms with E-state index >= 15 is 0 Å². The van der Waals surface area contributed by atoms with Gasteiger partial charge in [-0.3, -0.25) is 4.79 Å². The molecule has 2 fully saturated rings. The molecule has 2 aliphatic rings. The van der Waals surface area contributed by atoms with E-state index in [-0.39, 0.29) is 5.91 Å². The van der Waals surface area contributed by atoms with Crippen molar-refractivity contribution in [2.75, 3.05) is 25.0 Å². The molecule has 3 rings (SSSR count). The molecule has 1 saturated carbocycles. The van der Waals surface area contributed by atoms with Gasteiger partial charge in [0.1, 0.15) is 0 Å². The monoisotopic (exact) mass is 301 g/mol. The van der Waals surface area contributed by atoms with Crippen molar-refractivity contribution in [3.05, 3.63) is 29.3 Å². The summed E-state index contributed by atoms with van der Waals surface area (Å²) in [5.74, 6) is 1.97. The molecule has 3 atom stereocenters. The molecule has 1 aliphatic heterocycles. The van der Waals surface area contributed by atoms with E-state index in [9.17, 15) is 4.79 Å². The van der Waals surface area contributed by atoms with Crippen LogP contribution in [0.3, 0.4) is 0 Å². The zero-order chi connectivity index (χ0) is 15.5. The second-order valence-corrected chi connectivity index (χ2v) is 7.32. The van der Waals surface area contributed by atoms with Gasteiger partial charge in [-0.25, -0.2) is 0 Å². The molecule has 0 bridgehead atoms. The number of carbonyl (C=O) groups excluding carboxylic acids is 1. The standard InChI is InChI=1S/C19H28N2O/c1-14-7-8-18(11-15(14)2)20-19(22)13-21-10-9-16-5-3-4-6-17(16)12-21/h7-8,11,16-17H,3-6,9-10,12-13H2,1-2H3,(H,20,22)/p+1/t16-,17-/m1/s1. The fourth-order valence-electron chi connectivity index (χ4n) is 4.21. The van der Waals surface area contributed by atoms with Crippen molar-refractivity contribution in [2.24, 2.45) is 11.8 Å². The lowest BCUT2D eigenvalue weighted by Gasteiger charge is -2.38. The van der Waals surface area contributed by atoms with Gasteiger partial charge < -0.3 is 10.2 Å². The number of benzene rings is 1. The summed E-state index contributed by atoms with van der Waals surface area (Å²) in [7, 11) is 0. The maximum Gasteiger partial charge on any atom is 0.279 e. The lowest BCUT2D eigenvalue weighted by Crippen LogP contribution is -3.15. The normalized spacial score (nSPS) is 28.0. The number of nitrogens with one attached hydrogen (secondary N) is 2. The summed E-state index contributed by atoms with van der Waals surface area (Å²) >= 11 is 0. The van der Waals surface area contributed by atoms with Crippen LogP contribution >= 0.6 is 0 Å². The highest BCUT2D eigenvalue weighted by molar-refractivity contribution is 5.91. The third-order valence-corrected chi connectivity index (χ3v) is 5.69. The van der Waals surface area contributed by atoms with Crippen LogP contribution in [-0.4, -0.2) is 25.5 Å². The lowest BCUT2D eigenvalue weighted by molar-refractivity contribution is -0.902. The average molecular weight is 301 g/mol. The number of anilines is 1. The van der Waals surface area contributed by atoms with E-state index in [1.165, 1.54) is 61.2 Å². The molecular weight excluding hydrogens is 272 g/mol. The molecule has 1 aromatic rings. The smallest absolute Gasteiger partial charge is 0.279 e. The maximum atomic E-state index is 12.3. The summed E-state index contributed by atoms with van der Waals surface area (Å²) < 4.78 is 0. The van der Waals surface area contributed by atoms with Gasteiger partial charge in [-0.1, -0.05) is 18.9 Å². The minimum Gasteiger partial charge on any atom is -0.327 e. The van der Waals surface area contributed by atoms with Crippen molar-refractivity contribution in [2.45, 2.75) is 46.0 Å². The molecule has 1 amide bonds. The zero-order valence-electron chi connectivity index (χ0n) is 14.0. The van der Waals surface area contributed by atoms with Crippen LogP contribution in [0.15, 0.2) is 18.2 Å². The van der Waals surface area contributed by atoms with Crippen LogP contribution in [0.4, 0.5) is 5.69 Å². The van der Waals surface area contributed by atoms with Gasteiger partial charge in [-0.05, 0) is 62.3 Å². The Morgan fingerprint density at radius 2 is 1.91 bits per heavy atom. The number of hydrogen-bond donors (Lipinski definition) is 2. The van der Waals surface area contributed by atoms with E-state index < -0.39 is 0 Å². The number of likely N-dealkylation sites (tertiary alicyclic amines) is 1. The van der Waals surface area contributed by atoms with Crippen LogP contribution < -0.4 is 10.2 Å². The number of fused-ring (bicyclic) bond motifs is 1. The Morgan fingerprint density at radius 3 is 2.68 bits per heavy atom. The number of quaternary nitrogens is 1. The molecule has 120 valence electrons. The van der Waals surface area contributed by atoms with Crippen LogP contribution in [0.2, 0.25) is 0 Å². The number of carbonyl (C=O) groups is 1. The molecule has 3 nitrogen and oxygen atoms in total. The van der Waals surface area contributed by atoms with Crippen molar-refractivity contribution in [3.8, 4) is 0 Å². The van der Waals surface area contributed by atoms with Crippen molar-refractivity contribution in [1.82, 2.24) is 0 Å². The third kappa shape index (κ3) is 3.70.